The Hall–Kier alpha value is -3.27. The van der Waals surface area contributed by atoms with Crippen LogP contribution in [-0.2, 0) is 12.8 Å². The molecule has 0 aliphatic carbocycles. The molecule has 0 fully saturated rings. The number of benzene rings is 3. The molecular weight excluding hydrogens is 410 g/mol. The first-order chi connectivity index (χ1) is 16.3. The molecule has 1 atom stereocenters. The van der Waals surface area contributed by atoms with Gasteiger partial charge in [-0.15, -0.1) is 0 Å². The van der Waals surface area contributed by atoms with E-state index >= 15 is 0 Å². The van der Waals surface area contributed by atoms with Crippen molar-refractivity contribution >= 4 is 11.0 Å². The lowest BCUT2D eigenvalue weighted by molar-refractivity contribution is 0.246. The summed E-state index contributed by atoms with van der Waals surface area (Å²) in [6, 6.07) is 24.7. The Morgan fingerprint density at radius 1 is 0.848 bits per heavy atom. The molecule has 0 amide bonds. The third kappa shape index (κ3) is 5.95. The van der Waals surface area contributed by atoms with Gasteiger partial charge < -0.3 is 14.0 Å². The van der Waals surface area contributed by atoms with Crippen molar-refractivity contribution in [1.82, 2.24) is 5.16 Å². The van der Waals surface area contributed by atoms with Crippen LogP contribution in [0.5, 0.6) is 11.5 Å². The summed E-state index contributed by atoms with van der Waals surface area (Å²) in [6.07, 6.45) is 4.67. The van der Waals surface area contributed by atoms with Crippen LogP contribution in [0.1, 0.15) is 55.8 Å². The maximum Gasteiger partial charge on any atom is 0.174 e. The van der Waals surface area contributed by atoms with Crippen LogP contribution in [-0.4, -0.2) is 18.4 Å². The van der Waals surface area contributed by atoms with Crippen molar-refractivity contribution in [2.24, 2.45) is 0 Å². The highest BCUT2D eigenvalue weighted by atomic mass is 16.5. The van der Waals surface area contributed by atoms with E-state index in [2.05, 4.69) is 61.5 Å². The molecule has 1 unspecified atom stereocenters. The topological polar surface area (TPSA) is 44.5 Å². The van der Waals surface area contributed by atoms with Gasteiger partial charge in [-0.1, -0.05) is 74.0 Å². The lowest BCUT2D eigenvalue weighted by atomic mass is 9.94. The number of para-hydroxylation sites is 1. The summed E-state index contributed by atoms with van der Waals surface area (Å²) in [5, 5.41) is 5.55. The Bertz CT molecular complexity index is 1120. The van der Waals surface area contributed by atoms with E-state index in [1.165, 1.54) is 5.56 Å². The molecule has 0 radical (unpaired) electrons. The smallest absolute Gasteiger partial charge is 0.174 e. The number of aromatic nitrogens is 1. The molecule has 1 aromatic heterocycles. The third-order valence-electron chi connectivity index (χ3n) is 6.02. The predicted octanol–water partition coefficient (Wildman–Crippen LogP) is 7.36. The van der Waals surface area contributed by atoms with Gasteiger partial charge in [0.25, 0.3) is 0 Å². The van der Waals surface area contributed by atoms with Crippen LogP contribution in [0, 0.1) is 0 Å². The van der Waals surface area contributed by atoms with Gasteiger partial charge in [0.2, 0.25) is 0 Å². The minimum atomic E-state index is 0.480. The minimum Gasteiger partial charge on any atom is -0.493 e. The molecule has 33 heavy (non-hydrogen) atoms. The zero-order valence-electron chi connectivity index (χ0n) is 19.6. The zero-order valence-corrected chi connectivity index (χ0v) is 19.6. The fraction of sp³-hybridized carbons (Fsp3) is 0.345. The fourth-order valence-corrected chi connectivity index (χ4v) is 4.14. The van der Waals surface area contributed by atoms with Crippen LogP contribution < -0.4 is 9.47 Å². The summed E-state index contributed by atoms with van der Waals surface area (Å²) in [5.74, 6) is 2.26. The maximum absolute atomic E-state index is 6.13. The number of fused-ring (bicyclic) bond motifs is 1. The lowest BCUT2D eigenvalue weighted by Crippen LogP contribution is -2.06. The monoisotopic (exact) mass is 443 g/mol. The van der Waals surface area contributed by atoms with E-state index in [-0.39, 0.29) is 0 Å². The molecule has 0 saturated carbocycles. The van der Waals surface area contributed by atoms with Crippen molar-refractivity contribution in [1.29, 1.82) is 0 Å². The highest BCUT2D eigenvalue weighted by Crippen LogP contribution is 2.33. The largest absolute Gasteiger partial charge is 0.493 e. The first kappa shape index (κ1) is 22.9. The van der Waals surface area contributed by atoms with Gasteiger partial charge in [-0.3, -0.25) is 0 Å². The second-order valence-corrected chi connectivity index (χ2v) is 8.51. The van der Waals surface area contributed by atoms with Crippen LogP contribution in [0.2, 0.25) is 0 Å². The van der Waals surface area contributed by atoms with Crippen LogP contribution in [0.4, 0.5) is 0 Å². The molecule has 0 bridgehead atoms. The Morgan fingerprint density at radius 3 is 2.33 bits per heavy atom. The second kappa shape index (κ2) is 11.6. The molecule has 4 nitrogen and oxygen atoms in total. The molecule has 0 aliphatic rings. The minimum absolute atomic E-state index is 0.480. The Balaban J connectivity index is 1.38. The van der Waals surface area contributed by atoms with Gasteiger partial charge in [0, 0.05) is 17.4 Å². The van der Waals surface area contributed by atoms with Crippen molar-refractivity contribution in [2.45, 2.75) is 51.9 Å². The second-order valence-electron chi connectivity index (χ2n) is 8.51. The van der Waals surface area contributed by atoms with E-state index in [1.54, 1.807) is 0 Å². The van der Waals surface area contributed by atoms with Crippen LogP contribution in [0.3, 0.4) is 0 Å². The van der Waals surface area contributed by atoms with Gasteiger partial charge in [-0.2, -0.15) is 0 Å². The molecule has 0 aliphatic heterocycles. The van der Waals surface area contributed by atoms with E-state index in [0.717, 1.165) is 65.8 Å². The van der Waals surface area contributed by atoms with Crippen molar-refractivity contribution in [2.75, 3.05) is 13.2 Å². The first-order valence-corrected chi connectivity index (χ1v) is 12.0. The molecular formula is C29H33NO3. The van der Waals surface area contributed by atoms with Crippen molar-refractivity contribution in [3.05, 3.63) is 89.6 Å². The quantitative estimate of drug-likeness (QED) is 0.215. The zero-order chi connectivity index (χ0) is 22.9. The van der Waals surface area contributed by atoms with Gasteiger partial charge in [-0.05, 0) is 55.0 Å². The van der Waals surface area contributed by atoms with Crippen LogP contribution in [0.25, 0.3) is 11.0 Å². The first-order valence-electron chi connectivity index (χ1n) is 12.0. The lowest BCUT2D eigenvalue weighted by Gasteiger charge is -2.12. The summed E-state index contributed by atoms with van der Waals surface area (Å²) in [7, 11) is 0. The van der Waals surface area contributed by atoms with Crippen molar-refractivity contribution < 1.29 is 14.0 Å². The van der Waals surface area contributed by atoms with Crippen LogP contribution in [0.15, 0.2) is 77.3 Å². The molecule has 0 saturated heterocycles. The summed E-state index contributed by atoms with van der Waals surface area (Å²) in [6.45, 7) is 5.68. The van der Waals surface area contributed by atoms with Crippen LogP contribution >= 0.6 is 0 Å². The number of hydrogen-bond donors (Lipinski definition) is 0. The molecule has 172 valence electrons. The summed E-state index contributed by atoms with van der Waals surface area (Å²) in [5.41, 5.74) is 4.39. The number of nitrogens with zero attached hydrogens (tertiary/aromatic N) is 1. The molecule has 1 heterocycles. The van der Waals surface area contributed by atoms with Gasteiger partial charge in [0.15, 0.2) is 5.58 Å². The predicted molar refractivity (Wildman–Crippen MR) is 133 cm³/mol. The third-order valence-corrected chi connectivity index (χ3v) is 6.02. The Labute approximate surface area is 196 Å². The van der Waals surface area contributed by atoms with Crippen molar-refractivity contribution in [3.63, 3.8) is 0 Å². The van der Waals surface area contributed by atoms with Gasteiger partial charge in [0.05, 0.1) is 18.9 Å². The summed E-state index contributed by atoms with van der Waals surface area (Å²) in [4.78, 5) is 0. The Morgan fingerprint density at radius 2 is 1.58 bits per heavy atom. The molecule has 3 aromatic carbocycles. The SMILES string of the molecule is CCCc1c(OCCCOc2ccccc2)ccc2c(CCC(C)c3ccccc3)noc12. The standard InChI is InChI=1S/C29H33NO3/c1-3-11-26-28(32-21-10-20-31-24-14-8-5-9-15-24)19-17-25-27(30-33-29(25)26)18-16-22(2)23-12-6-4-7-13-23/h4-9,12-15,17,19,22H,3,10-11,16,18,20-21H2,1-2H3. The maximum atomic E-state index is 6.13. The normalized spacial score (nSPS) is 12.1. The molecule has 0 spiro atoms. The van der Waals surface area contributed by atoms with E-state index < -0.39 is 0 Å². The van der Waals surface area contributed by atoms with E-state index in [1.807, 2.05) is 30.3 Å². The number of rotatable bonds is 12. The molecule has 4 heteroatoms. The van der Waals surface area contributed by atoms with E-state index in [4.69, 9.17) is 14.0 Å². The summed E-state index contributed by atoms with van der Waals surface area (Å²) < 4.78 is 17.7. The number of hydrogen-bond acceptors (Lipinski definition) is 4. The van der Waals surface area contributed by atoms with Gasteiger partial charge >= 0.3 is 0 Å². The molecule has 4 aromatic rings. The van der Waals surface area contributed by atoms with Gasteiger partial charge in [-0.25, -0.2) is 0 Å². The average Bonchev–Trinajstić information content (AvgIpc) is 3.28. The molecule has 4 rings (SSSR count). The van der Waals surface area contributed by atoms with Crippen molar-refractivity contribution in [3.8, 4) is 11.5 Å². The van der Waals surface area contributed by atoms with E-state index in [0.29, 0.717) is 19.1 Å². The average molecular weight is 444 g/mol. The van der Waals surface area contributed by atoms with E-state index in [9.17, 15) is 0 Å². The number of ether oxygens (including phenoxy) is 2. The highest BCUT2D eigenvalue weighted by Gasteiger charge is 2.17. The fourth-order valence-electron chi connectivity index (χ4n) is 4.14. The molecule has 0 N–H and O–H groups in total. The number of aryl methyl sites for hydroxylation is 2. The highest BCUT2D eigenvalue weighted by molar-refractivity contribution is 5.84. The summed E-state index contributed by atoms with van der Waals surface area (Å²) >= 11 is 0. The Kier molecular flexibility index (Phi) is 8.02. The van der Waals surface area contributed by atoms with Gasteiger partial charge in [0.1, 0.15) is 11.5 Å².